The summed E-state index contributed by atoms with van der Waals surface area (Å²) in [5, 5.41) is 8.86. The molecule has 0 fully saturated rings. The van der Waals surface area contributed by atoms with Crippen molar-refractivity contribution >= 4 is 6.29 Å². The number of ether oxygens (including phenoxy) is 4. The Morgan fingerprint density at radius 2 is 1.17 bits per heavy atom. The van der Waals surface area contributed by atoms with Crippen molar-refractivity contribution in [3.63, 3.8) is 0 Å². The third-order valence-electron chi connectivity index (χ3n) is 5.09. The summed E-state index contributed by atoms with van der Waals surface area (Å²) in [5.74, 6) is 2.41. The Morgan fingerprint density at radius 3 is 1.64 bits per heavy atom. The average Bonchev–Trinajstić information content (AvgIpc) is 2.96. The number of rotatable bonds is 9. The molecule has 6 nitrogen and oxygen atoms in total. The van der Waals surface area contributed by atoms with Crippen LogP contribution >= 0.6 is 0 Å². The zero-order valence-electron chi connectivity index (χ0n) is 20.2. The summed E-state index contributed by atoms with van der Waals surface area (Å²) in [5.41, 5.74) is 3.26. The van der Waals surface area contributed by atoms with Crippen molar-refractivity contribution in [1.82, 2.24) is 0 Å². The fourth-order valence-electron chi connectivity index (χ4n) is 3.21. The number of nitriles is 1. The van der Waals surface area contributed by atoms with Gasteiger partial charge in [-0.15, -0.1) is 0 Å². The van der Waals surface area contributed by atoms with Crippen molar-refractivity contribution in [3.05, 3.63) is 119 Å². The number of hydrogen-bond acceptors (Lipinski definition) is 6. The third kappa shape index (κ3) is 7.64. The minimum absolute atomic E-state index is 0.444. The van der Waals surface area contributed by atoms with Crippen LogP contribution in [0, 0.1) is 11.3 Å². The second-order valence-corrected chi connectivity index (χ2v) is 7.55. The largest absolute Gasteiger partial charge is 0.493 e. The number of aldehydes is 1. The lowest BCUT2D eigenvalue weighted by Crippen LogP contribution is -1.98. The van der Waals surface area contributed by atoms with Crippen LogP contribution in [0.3, 0.4) is 0 Å². The molecular weight excluding hydrogens is 454 g/mol. The number of hydrogen-bond donors (Lipinski definition) is 0. The minimum Gasteiger partial charge on any atom is -0.493 e. The molecule has 182 valence electrons. The van der Waals surface area contributed by atoms with Crippen molar-refractivity contribution in [2.24, 2.45) is 0 Å². The van der Waals surface area contributed by atoms with E-state index < -0.39 is 0 Å². The van der Waals surface area contributed by atoms with Crippen LogP contribution in [0.15, 0.2) is 97.1 Å². The number of nitrogens with zero attached hydrogens (tertiary/aromatic N) is 1. The molecule has 36 heavy (non-hydrogen) atoms. The van der Waals surface area contributed by atoms with Crippen LogP contribution in [-0.4, -0.2) is 20.5 Å². The molecule has 0 aliphatic heterocycles. The first kappa shape index (κ1) is 25.9. The van der Waals surface area contributed by atoms with E-state index in [4.69, 9.17) is 24.2 Å². The van der Waals surface area contributed by atoms with Gasteiger partial charge in [0.25, 0.3) is 0 Å². The highest BCUT2D eigenvalue weighted by atomic mass is 16.5. The Kier molecular flexibility index (Phi) is 9.93. The molecule has 0 aliphatic rings. The lowest BCUT2D eigenvalue weighted by molar-refractivity contribution is 0.112. The van der Waals surface area contributed by atoms with Crippen LogP contribution in [0.25, 0.3) is 0 Å². The van der Waals surface area contributed by atoms with Gasteiger partial charge in [-0.05, 0) is 41.5 Å². The van der Waals surface area contributed by atoms with E-state index in [0.717, 1.165) is 17.4 Å². The van der Waals surface area contributed by atoms with Crippen molar-refractivity contribution in [2.75, 3.05) is 14.2 Å². The van der Waals surface area contributed by atoms with Crippen molar-refractivity contribution < 1.29 is 23.7 Å². The van der Waals surface area contributed by atoms with Gasteiger partial charge in [-0.1, -0.05) is 60.7 Å². The lowest BCUT2D eigenvalue weighted by Gasteiger charge is -2.11. The molecule has 0 atom stereocenters. The zero-order chi connectivity index (χ0) is 25.6. The molecule has 0 heterocycles. The number of methoxy groups -OCH3 is 2. The molecule has 0 aliphatic carbocycles. The Labute approximate surface area is 211 Å². The Hall–Kier alpha value is -4.76. The molecule has 4 aromatic carbocycles. The van der Waals surface area contributed by atoms with Crippen LogP contribution < -0.4 is 18.9 Å². The van der Waals surface area contributed by atoms with Gasteiger partial charge in [0.2, 0.25) is 0 Å². The highest BCUT2D eigenvalue weighted by Gasteiger charge is 2.07. The van der Waals surface area contributed by atoms with Gasteiger partial charge in [-0.3, -0.25) is 4.79 Å². The van der Waals surface area contributed by atoms with E-state index in [1.54, 1.807) is 50.6 Å². The lowest BCUT2D eigenvalue weighted by atomic mass is 10.2. The summed E-state index contributed by atoms with van der Waals surface area (Å²) < 4.78 is 21.7. The monoisotopic (exact) mass is 481 g/mol. The fraction of sp³-hybridized carbons (Fsp3) is 0.133. The SMILES string of the molecule is COc1ccc(C#N)cc1OCc1ccccc1.COc1ccc(C=O)cc1OCc1ccccc1. The van der Waals surface area contributed by atoms with Crippen LogP contribution in [0.4, 0.5) is 0 Å². The summed E-state index contributed by atoms with van der Waals surface area (Å²) in [6, 6.07) is 32.0. The second kappa shape index (κ2) is 13.8. The summed E-state index contributed by atoms with van der Waals surface area (Å²) in [7, 11) is 3.15. The van der Waals surface area contributed by atoms with Gasteiger partial charge in [0, 0.05) is 11.6 Å². The highest BCUT2D eigenvalue weighted by molar-refractivity contribution is 5.76. The maximum Gasteiger partial charge on any atom is 0.162 e. The van der Waals surface area contributed by atoms with Crippen LogP contribution in [0.1, 0.15) is 27.0 Å². The third-order valence-corrected chi connectivity index (χ3v) is 5.09. The Morgan fingerprint density at radius 1 is 0.667 bits per heavy atom. The molecule has 0 N–H and O–H groups in total. The van der Waals surface area contributed by atoms with E-state index in [1.165, 1.54) is 0 Å². The molecule has 0 spiro atoms. The van der Waals surface area contributed by atoms with E-state index >= 15 is 0 Å². The highest BCUT2D eigenvalue weighted by Crippen LogP contribution is 2.29. The van der Waals surface area contributed by atoms with Crippen LogP contribution in [0.2, 0.25) is 0 Å². The van der Waals surface area contributed by atoms with Crippen LogP contribution in [0.5, 0.6) is 23.0 Å². The first-order valence-corrected chi connectivity index (χ1v) is 11.2. The van der Waals surface area contributed by atoms with Gasteiger partial charge >= 0.3 is 0 Å². The summed E-state index contributed by atoms with van der Waals surface area (Å²) in [6.07, 6.45) is 0.787. The maximum absolute atomic E-state index is 10.7. The number of benzene rings is 4. The second-order valence-electron chi connectivity index (χ2n) is 7.55. The van der Waals surface area contributed by atoms with E-state index in [0.29, 0.717) is 47.3 Å². The Bertz CT molecular complexity index is 1280. The van der Waals surface area contributed by atoms with Crippen molar-refractivity contribution in [2.45, 2.75) is 13.2 Å². The molecule has 0 radical (unpaired) electrons. The van der Waals surface area contributed by atoms with Crippen molar-refractivity contribution in [1.29, 1.82) is 5.26 Å². The molecule has 6 heteroatoms. The molecule has 4 aromatic rings. The first-order chi connectivity index (χ1) is 17.7. The predicted octanol–water partition coefficient (Wildman–Crippen LogP) is 6.23. The Balaban J connectivity index is 0.000000201. The van der Waals surface area contributed by atoms with Gasteiger partial charge in [0.1, 0.15) is 19.5 Å². The molecule has 0 saturated heterocycles. The smallest absolute Gasteiger partial charge is 0.162 e. The van der Waals surface area contributed by atoms with Gasteiger partial charge < -0.3 is 18.9 Å². The van der Waals surface area contributed by atoms with Crippen molar-refractivity contribution in [3.8, 4) is 29.1 Å². The van der Waals surface area contributed by atoms with Gasteiger partial charge in [0.15, 0.2) is 23.0 Å². The quantitative estimate of drug-likeness (QED) is 0.264. The molecule has 0 amide bonds. The molecule has 0 aromatic heterocycles. The van der Waals surface area contributed by atoms with Gasteiger partial charge in [-0.2, -0.15) is 5.26 Å². The summed E-state index contributed by atoms with van der Waals surface area (Å²) in [6.45, 7) is 0.894. The summed E-state index contributed by atoms with van der Waals surface area (Å²) in [4.78, 5) is 10.7. The standard InChI is InChI=1S/C15H13NO2.C15H14O3/c2*1-17-14-8-7-13(10-16)9-15(14)18-11-12-5-3-2-4-6-12/h2-9H,11H2,1H3;2-10H,11H2,1H3. The molecule has 0 unspecified atom stereocenters. The minimum atomic E-state index is 0.444. The average molecular weight is 482 g/mol. The van der Waals surface area contributed by atoms with Gasteiger partial charge in [-0.25, -0.2) is 0 Å². The number of carbonyl (C=O) groups is 1. The van der Waals surface area contributed by atoms with Gasteiger partial charge in [0.05, 0.1) is 25.9 Å². The van der Waals surface area contributed by atoms with E-state index in [-0.39, 0.29) is 0 Å². The fourth-order valence-corrected chi connectivity index (χ4v) is 3.21. The molecule has 4 rings (SSSR count). The van der Waals surface area contributed by atoms with E-state index in [2.05, 4.69) is 6.07 Å². The molecule has 0 bridgehead atoms. The predicted molar refractivity (Wildman–Crippen MR) is 138 cm³/mol. The maximum atomic E-state index is 10.7. The first-order valence-electron chi connectivity index (χ1n) is 11.2. The van der Waals surface area contributed by atoms with E-state index in [1.807, 2.05) is 60.7 Å². The zero-order valence-corrected chi connectivity index (χ0v) is 20.2. The molecule has 0 saturated carbocycles. The van der Waals surface area contributed by atoms with Crippen LogP contribution in [-0.2, 0) is 13.2 Å². The molecular formula is C30H27NO5. The number of carbonyl (C=O) groups excluding carboxylic acids is 1. The summed E-state index contributed by atoms with van der Waals surface area (Å²) >= 11 is 0. The normalized spacial score (nSPS) is 9.69. The van der Waals surface area contributed by atoms with E-state index in [9.17, 15) is 4.79 Å². The topological polar surface area (TPSA) is 77.8 Å².